The molecule has 0 N–H and O–H groups in total. The average molecular weight is 421 g/mol. The summed E-state index contributed by atoms with van der Waals surface area (Å²) < 4.78 is 46.8. The van der Waals surface area contributed by atoms with Crippen LogP contribution in [0.4, 0.5) is 4.39 Å². The van der Waals surface area contributed by atoms with Crippen LogP contribution in [-0.2, 0) is 16.6 Å². The van der Waals surface area contributed by atoms with E-state index in [9.17, 15) is 17.6 Å². The van der Waals surface area contributed by atoms with Gasteiger partial charge in [0.05, 0.1) is 7.11 Å². The fourth-order valence-electron chi connectivity index (χ4n) is 3.43. The SMILES string of the molecule is COc1ccc(C(=O)N(C)Cc2ccccc2F)cc1S(=O)(=O)N1CCCCC1. The van der Waals surface area contributed by atoms with Crippen molar-refractivity contribution in [2.75, 3.05) is 27.2 Å². The third-order valence-electron chi connectivity index (χ3n) is 5.06. The molecule has 2 aromatic rings. The molecule has 0 radical (unpaired) electrons. The first-order valence-electron chi connectivity index (χ1n) is 9.51. The van der Waals surface area contributed by atoms with Gasteiger partial charge in [-0.3, -0.25) is 4.79 Å². The van der Waals surface area contributed by atoms with E-state index in [-0.39, 0.29) is 22.8 Å². The first kappa shape index (κ1) is 21.3. The molecule has 0 spiro atoms. The van der Waals surface area contributed by atoms with Crippen molar-refractivity contribution in [3.05, 3.63) is 59.4 Å². The second-order valence-corrected chi connectivity index (χ2v) is 8.99. The summed E-state index contributed by atoms with van der Waals surface area (Å²) in [5.41, 5.74) is 0.596. The van der Waals surface area contributed by atoms with Crippen molar-refractivity contribution in [1.82, 2.24) is 9.21 Å². The molecule has 156 valence electrons. The number of benzene rings is 2. The zero-order chi connectivity index (χ0) is 21.0. The van der Waals surface area contributed by atoms with Gasteiger partial charge in [-0.2, -0.15) is 4.31 Å². The van der Waals surface area contributed by atoms with Crippen molar-refractivity contribution in [2.24, 2.45) is 0 Å². The van der Waals surface area contributed by atoms with Crippen LogP contribution in [0.15, 0.2) is 47.4 Å². The molecule has 0 atom stereocenters. The Morgan fingerprint density at radius 2 is 1.83 bits per heavy atom. The predicted octanol–water partition coefficient (Wildman–Crippen LogP) is 3.28. The van der Waals surface area contributed by atoms with Gasteiger partial charge in [0, 0.05) is 37.8 Å². The van der Waals surface area contributed by atoms with E-state index in [1.54, 1.807) is 25.2 Å². The molecule has 1 heterocycles. The van der Waals surface area contributed by atoms with Gasteiger partial charge in [0.15, 0.2) is 0 Å². The number of amides is 1. The monoisotopic (exact) mass is 420 g/mol. The quantitative estimate of drug-likeness (QED) is 0.719. The predicted molar refractivity (Wildman–Crippen MR) is 108 cm³/mol. The third-order valence-corrected chi connectivity index (χ3v) is 6.98. The first-order chi connectivity index (χ1) is 13.8. The van der Waals surface area contributed by atoms with Gasteiger partial charge < -0.3 is 9.64 Å². The number of nitrogens with zero attached hydrogens (tertiary/aromatic N) is 2. The van der Waals surface area contributed by atoms with Gasteiger partial charge in [-0.05, 0) is 37.1 Å². The van der Waals surface area contributed by atoms with Gasteiger partial charge in [0.25, 0.3) is 5.91 Å². The zero-order valence-electron chi connectivity index (χ0n) is 16.6. The third kappa shape index (κ3) is 4.59. The zero-order valence-corrected chi connectivity index (χ0v) is 17.4. The Morgan fingerprint density at radius 1 is 1.14 bits per heavy atom. The van der Waals surface area contributed by atoms with Crippen LogP contribution in [0.1, 0.15) is 35.2 Å². The van der Waals surface area contributed by atoms with Crippen LogP contribution in [0.2, 0.25) is 0 Å². The molecule has 6 nitrogen and oxygen atoms in total. The number of methoxy groups -OCH3 is 1. The van der Waals surface area contributed by atoms with E-state index in [1.165, 1.54) is 40.6 Å². The number of halogens is 1. The maximum atomic E-state index is 13.9. The summed E-state index contributed by atoms with van der Waals surface area (Å²) in [7, 11) is -0.822. The summed E-state index contributed by atoms with van der Waals surface area (Å²) in [5.74, 6) is -0.592. The van der Waals surface area contributed by atoms with E-state index in [1.807, 2.05) is 0 Å². The minimum absolute atomic E-state index is 0.0213. The molecule has 1 saturated heterocycles. The van der Waals surface area contributed by atoms with Gasteiger partial charge in [0.2, 0.25) is 10.0 Å². The molecule has 3 rings (SSSR count). The number of carbonyl (C=O) groups is 1. The lowest BCUT2D eigenvalue weighted by Gasteiger charge is -2.27. The van der Waals surface area contributed by atoms with Gasteiger partial charge >= 0.3 is 0 Å². The molecule has 0 bridgehead atoms. The Hall–Kier alpha value is -2.45. The Morgan fingerprint density at radius 3 is 2.48 bits per heavy atom. The summed E-state index contributed by atoms with van der Waals surface area (Å²) in [6, 6.07) is 10.6. The first-order valence-corrected chi connectivity index (χ1v) is 11.0. The molecule has 0 aliphatic carbocycles. The number of rotatable bonds is 6. The van der Waals surface area contributed by atoms with Gasteiger partial charge in [-0.15, -0.1) is 0 Å². The summed E-state index contributed by atoms with van der Waals surface area (Å²) >= 11 is 0. The van der Waals surface area contributed by atoms with Crippen molar-refractivity contribution in [2.45, 2.75) is 30.7 Å². The molecule has 8 heteroatoms. The van der Waals surface area contributed by atoms with E-state index < -0.39 is 21.7 Å². The minimum atomic E-state index is -3.77. The average Bonchev–Trinajstić information content (AvgIpc) is 2.75. The van der Waals surface area contributed by atoms with Crippen molar-refractivity contribution in [3.63, 3.8) is 0 Å². The highest BCUT2D eigenvalue weighted by Crippen LogP contribution is 2.30. The van der Waals surface area contributed by atoms with Crippen molar-refractivity contribution >= 4 is 15.9 Å². The normalized spacial score (nSPS) is 15.1. The molecule has 1 aliphatic heterocycles. The van der Waals surface area contributed by atoms with E-state index >= 15 is 0 Å². The molecular formula is C21H25FN2O4S. The molecule has 1 fully saturated rings. The summed E-state index contributed by atoms with van der Waals surface area (Å²) in [5, 5.41) is 0. The standard InChI is InChI=1S/C21H25FN2O4S/c1-23(15-17-8-4-5-9-18(17)22)21(25)16-10-11-19(28-2)20(14-16)29(26,27)24-12-6-3-7-13-24/h4-5,8-11,14H,3,6-7,12-13,15H2,1-2H3. The second-order valence-electron chi connectivity index (χ2n) is 7.08. The van der Waals surface area contributed by atoms with Crippen molar-refractivity contribution in [3.8, 4) is 5.75 Å². The highest BCUT2D eigenvalue weighted by atomic mass is 32.2. The fourth-order valence-corrected chi connectivity index (χ4v) is 5.13. The Balaban J connectivity index is 1.89. The lowest BCUT2D eigenvalue weighted by molar-refractivity contribution is 0.0783. The van der Waals surface area contributed by atoms with Gasteiger partial charge in [0.1, 0.15) is 16.5 Å². The fraction of sp³-hybridized carbons (Fsp3) is 0.381. The van der Waals surface area contributed by atoms with E-state index in [2.05, 4.69) is 0 Å². The molecule has 1 aliphatic rings. The molecule has 0 unspecified atom stereocenters. The lowest BCUT2D eigenvalue weighted by Crippen LogP contribution is -2.36. The van der Waals surface area contributed by atoms with Crippen molar-refractivity contribution in [1.29, 1.82) is 0 Å². The van der Waals surface area contributed by atoms with Gasteiger partial charge in [-0.25, -0.2) is 12.8 Å². The highest BCUT2D eigenvalue weighted by molar-refractivity contribution is 7.89. The van der Waals surface area contributed by atoms with Crippen LogP contribution >= 0.6 is 0 Å². The summed E-state index contributed by atoms with van der Waals surface area (Å²) in [6.07, 6.45) is 2.62. The van der Waals surface area contributed by atoms with E-state index in [0.29, 0.717) is 18.7 Å². The molecule has 29 heavy (non-hydrogen) atoms. The lowest BCUT2D eigenvalue weighted by atomic mass is 10.1. The number of sulfonamides is 1. The van der Waals surface area contributed by atoms with Crippen molar-refractivity contribution < 1.29 is 22.3 Å². The number of piperidine rings is 1. The second kappa shape index (κ2) is 8.92. The van der Waals surface area contributed by atoms with Crippen LogP contribution in [0.3, 0.4) is 0 Å². The highest BCUT2D eigenvalue weighted by Gasteiger charge is 2.30. The Bertz CT molecular complexity index is 988. The maximum Gasteiger partial charge on any atom is 0.253 e. The molecule has 0 aromatic heterocycles. The summed E-state index contributed by atoms with van der Waals surface area (Å²) in [6.45, 7) is 0.986. The van der Waals surface area contributed by atoms with Crippen LogP contribution < -0.4 is 4.74 Å². The minimum Gasteiger partial charge on any atom is -0.495 e. The molecular weight excluding hydrogens is 395 g/mol. The van der Waals surface area contributed by atoms with Crippen LogP contribution in [0.25, 0.3) is 0 Å². The summed E-state index contributed by atoms with van der Waals surface area (Å²) in [4.78, 5) is 14.2. The van der Waals surface area contributed by atoms with Crippen LogP contribution in [-0.4, -0.2) is 50.8 Å². The van der Waals surface area contributed by atoms with E-state index in [4.69, 9.17) is 4.74 Å². The molecule has 0 saturated carbocycles. The Kier molecular flexibility index (Phi) is 6.54. The smallest absolute Gasteiger partial charge is 0.253 e. The largest absolute Gasteiger partial charge is 0.495 e. The number of ether oxygens (including phenoxy) is 1. The molecule has 1 amide bonds. The van der Waals surface area contributed by atoms with Gasteiger partial charge in [-0.1, -0.05) is 24.6 Å². The number of carbonyl (C=O) groups excluding carboxylic acids is 1. The number of hydrogen-bond acceptors (Lipinski definition) is 4. The topological polar surface area (TPSA) is 66.9 Å². The number of hydrogen-bond donors (Lipinski definition) is 0. The molecule has 2 aromatic carbocycles. The van der Waals surface area contributed by atoms with E-state index in [0.717, 1.165) is 19.3 Å². The van der Waals surface area contributed by atoms with Crippen LogP contribution in [0.5, 0.6) is 5.75 Å². The Labute approximate surface area is 170 Å². The maximum absolute atomic E-state index is 13.9. The van der Waals surface area contributed by atoms with Crippen LogP contribution in [0, 0.1) is 5.82 Å².